The van der Waals surface area contributed by atoms with Gasteiger partial charge in [-0.3, -0.25) is 4.68 Å². The third-order valence-electron chi connectivity index (χ3n) is 2.98. The van der Waals surface area contributed by atoms with Gasteiger partial charge < -0.3 is 10.2 Å². The number of hydrogen-bond donors (Lipinski definition) is 1. The summed E-state index contributed by atoms with van der Waals surface area (Å²) in [6, 6.07) is 4.27. The van der Waals surface area contributed by atoms with Gasteiger partial charge in [0.25, 0.3) is 0 Å². The van der Waals surface area contributed by atoms with Crippen molar-refractivity contribution in [3.63, 3.8) is 0 Å². The molecule has 0 saturated carbocycles. The molecule has 0 aromatic carbocycles. The number of nitrogens with one attached hydrogen (secondary N) is 1. The van der Waals surface area contributed by atoms with Gasteiger partial charge in [0, 0.05) is 11.4 Å². The summed E-state index contributed by atoms with van der Waals surface area (Å²) in [6.07, 6.45) is 1.73. The van der Waals surface area contributed by atoms with E-state index in [-0.39, 0.29) is 6.04 Å². The minimum absolute atomic E-state index is 0.0946. The summed E-state index contributed by atoms with van der Waals surface area (Å²) in [7, 11) is 6.06. The second kappa shape index (κ2) is 6.52. The van der Waals surface area contributed by atoms with E-state index in [1.54, 1.807) is 17.5 Å². The van der Waals surface area contributed by atoms with Crippen LogP contribution in [0.4, 0.5) is 0 Å². The monoisotopic (exact) mass is 298 g/mol. The fraction of sp³-hybridized carbons (Fsp3) is 0.462. The van der Waals surface area contributed by atoms with Gasteiger partial charge in [-0.25, -0.2) is 0 Å². The number of likely N-dealkylation sites (N-methyl/N-ethyl adjacent to an activating group) is 1. The summed E-state index contributed by atoms with van der Waals surface area (Å²) in [5.74, 6) is 0. The van der Waals surface area contributed by atoms with E-state index in [1.165, 1.54) is 4.88 Å². The van der Waals surface area contributed by atoms with Gasteiger partial charge in [-0.2, -0.15) is 5.10 Å². The zero-order chi connectivity index (χ0) is 13.8. The largest absolute Gasteiger partial charge is 0.308 e. The molecule has 6 heteroatoms. The predicted molar refractivity (Wildman–Crippen MR) is 81.0 cm³/mol. The van der Waals surface area contributed by atoms with Crippen molar-refractivity contribution in [3.8, 4) is 0 Å². The maximum atomic E-state index is 6.32. The number of thiophene rings is 1. The number of aromatic nitrogens is 2. The molecule has 0 amide bonds. The van der Waals surface area contributed by atoms with E-state index in [0.717, 1.165) is 18.8 Å². The Balaban J connectivity index is 2.29. The van der Waals surface area contributed by atoms with E-state index in [4.69, 9.17) is 11.6 Å². The fourth-order valence-corrected chi connectivity index (χ4v) is 3.09. The van der Waals surface area contributed by atoms with Crippen LogP contribution in [0.15, 0.2) is 23.7 Å². The zero-order valence-electron chi connectivity index (χ0n) is 11.4. The van der Waals surface area contributed by atoms with Crippen molar-refractivity contribution in [2.45, 2.75) is 12.6 Å². The molecule has 0 aliphatic carbocycles. The standard InChI is InChI=1S/C13H19ClN4S/c1-15-12(11-5-4-8-19-11)13-10(14)9-16-18(13)7-6-17(2)3/h4-5,8-9,12,15H,6-7H2,1-3H3. The SMILES string of the molecule is CNC(c1cccs1)c1c(Cl)cnn1CCN(C)C. The topological polar surface area (TPSA) is 33.1 Å². The highest BCUT2D eigenvalue weighted by Gasteiger charge is 2.21. The van der Waals surface area contributed by atoms with E-state index < -0.39 is 0 Å². The Hall–Kier alpha value is -0.880. The first-order valence-corrected chi connectivity index (χ1v) is 7.46. The molecule has 0 bridgehead atoms. The van der Waals surface area contributed by atoms with E-state index in [2.05, 4.69) is 46.9 Å². The molecular weight excluding hydrogens is 280 g/mol. The van der Waals surface area contributed by atoms with Gasteiger partial charge in [-0.1, -0.05) is 17.7 Å². The molecule has 0 saturated heterocycles. The molecule has 0 aliphatic heterocycles. The molecule has 2 aromatic heterocycles. The Morgan fingerprint density at radius 3 is 2.89 bits per heavy atom. The summed E-state index contributed by atoms with van der Waals surface area (Å²) >= 11 is 8.04. The van der Waals surface area contributed by atoms with Gasteiger partial charge in [-0.05, 0) is 32.6 Å². The maximum absolute atomic E-state index is 6.32. The van der Waals surface area contributed by atoms with Crippen LogP contribution in [0.2, 0.25) is 5.02 Å². The predicted octanol–water partition coefficient (Wildman–Crippen LogP) is 2.47. The zero-order valence-corrected chi connectivity index (χ0v) is 13.0. The molecule has 0 spiro atoms. The molecule has 0 fully saturated rings. The van der Waals surface area contributed by atoms with Crippen LogP contribution in [0.5, 0.6) is 0 Å². The molecule has 0 aliphatic rings. The summed E-state index contributed by atoms with van der Waals surface area (Å²) < 4.78 is 1.99. The lowest BCUT2D eigenvalue weighted by atomic mass is 10.1. The first-order valence-electron chi connectivity index (χ1n) is 6.20. The Morgan fingerprint density at radius 2 is 2.32 bits per heavy atom. The molecular formula is C13H19ClN4S. The van der Waals surface area contributed by atoms with Crippen LogP contribution in [0, 0.1) is 0 Å². The van der Waals surface area contributed by atoms with Crippen LogP contribution in [0.3, 0.4) is 0 Å². The lowest BCUT2D eigenvalue weighted by Crippen LogP contribution is -2.25. The van der Waals surface area contributed by atoms with Crippen molar-refractivity contribution in [1.82, 2.24) is 20.0 Å². The Labute approximate surface area is 123 Å². The number of halogens is 1. The van der Waals surface area contributed by atoms with Gasteiger partial charge in [0.05, 0.1) is 29.5 Å². The minimum atomic E-state index is 0.0946. The van der Waals surface area contributed by atoms with Crippen molar-refractivity contribution >= 4 is 22.9 Å². The van der Waals surface area contributed by atoms with Gasteiger partial charge in [0.2, 0.25) is 0 Å². The molecule has 4 nitrogen and oxygen atoms in total. The third-order valence-corrected chi connectivity index (χ3v) is 4.21. The Bertz CT molecular complexity index is 507. The van der Waals surface area contributed by atoms with Crippen molar-refractivity contribution in [1.29, 1.82) is 0 Å². The number of nitrogens with zero attached hydrogens (tertiary/aromatic N) is 3. The number of hydrogen-bond acceptors (Lipinski definition) is 4. The number of rotatable bonds is 6. The highest BCUT2D eigenvalue weighted by molar-refractivity contribution is 7.10. The maximum Gasteiger partial charge on any atom is 0.0854 e. The molecule has 2 aromatic rings. The average molecular weight is 299 g/mol. The van der Waals surface area contributed by atoms with Crippen LogP contribution in [-0.4, -0.2) is 42.4 Å². The fourth-order valence-electron chi connectivity index (χ4n) is 2.00. The summed E-state index contributed by atoms with van der Waals surface area (Å²) in [5, 5.41) is 10.5. The van der Waals surface area contributed by atoms with E-state index in [1.807, 2.05) is 11.7 Å². The second-order valence-corrected chi connectivity index (χ2v) is 6.03. The van der Waals surface area contributed by atoms with Crippen LogP contribution in [-0.2, 0) is 6.54 Å². The first-order chi connectivity index (χ1) is 9.13. The van der Waals surface area contributed by atoms with Crippen molar-refractivity contribution in [3.05, 3.63) is 39.3 Å². The molecule has 1 atom stereocenters. The Morgan fingerprint density at radius 1 is 1.53 bits per heavy atom. The van der Waals surface area contributed by atoms with Crippen LogP contribution in [0.1, 0.15) is 16.6 Å². The van der Waals surface area contributed by atoms with Gasteiger partial charge in [0.1, 0.15) is 0 Å². The molecule has 19 heavy (non-hydrogen) atoms. The van der Waals surface area contributed by atoms with Crippen molar-refractivity contribution < 1.29 is 0 Å². The average Bonchev–Trinajstić information content (AvgIpc) is 3.00. The molecule has 1 N–H and O–H groups in total. The minimum Gasteiger partial charge on any atom is -0.308 e. The van der Waals surface area contributed by atoms with Gasteiger partial charge in [0.15, 0.2) is 0 Å². The molecule has 104 valence electrons. The van der Waals surface area contributed by atoms with Gasteiger partial charge >= 0.3 is 0 Å². The van der Waals surface area contributed by atoms with Gasteiger partial charge in [-0.15, -0.1) is 11.3 Å². The van der Waals surface area contributed by atoms with Crippen molar-refractivity contribution in [2.75, 3.05) is 27.7 Å². The molecule has 0 radical (unpaired) electrons. The summed E-state index contributed by atoms with van der Waals surface area (Å²) in [4.78, 5) is 3.38. The Kier molecular flexibility index (Phi) is 4.99. The lowest BCUT2D eigenvalue weighted by Gasteiger charge is -2.18. The first kappa shape index (κ1) is 14.5. The van der Waals surface area contributed by atoms with Crippen LogP contribution >= 0.6 is 22.9 Å². The van der Waals surface area contributed by atoms with Crippen molar-refractivity contribution in [2.24, 2.45) is 0 Å². The summed E-state index contributed by atoms with van der Waals surface area (Å²) in [5.41, 5.74) is 1.04. The van der Waals surface area contributed by atoms with E-state index in [0.29, 0.717) is 5.02 Å². The summed E-state index contributed by atoms with van der Waals surface area (Å²) in [6.45, 7) is 1.77. The highest BCUT2D eigenvalue weighted by atomic mass is 35.5. The lowest BCUT2D eigenvalue weighted by molar-refractivity contribution is 0.366. The normalized spacial score (nSPS) is 13.1. The van der Waals surface area contributed by atoms with Crippen LogP contribution < -0.4 is 5.32 Å². The smallest absolute Gasteiger partial charge is 0.0854 e. The highest BCUT2D eigenvalue weighted by Crippen LogP contribution is 2.30. The molecule has 1 unspecified atom stereocenters. The molecule has 2 rings (SSSR count). The van der Waals surface area contributed by atoms with E-state index >= 15 is 0 Å². The third kappa shape index (κ3) is 3.36. The second-order valence-electron chi connectivity index (χ2n) is 4.64. The molecule has 2 heterocycles. The quantitative estimate of drug-likeness (QED) is 0.889. The van der Waals surface area contributed by atoms with E-state index in [9.17, 15) is 0 Å². The van der Waals surface area contributed by atoms with Crippen LogP contribution in [0.25, 0.3) is 0 Å².